The molecule has 0 saturated heterocycles. The van der Waals surface area contributed by atoms with E-state index in [0.29, 0.717) is 58.7 Å². The molecule has 0 aliphatic heterocycles. The third-order valence-electron chi connectivity index (χ3n) is 9.23. The van der Waals surface area contributed by atoms with Gasteiger partial charge < -0.3 is 9.84 Å². The molecular weight excluding hydrogens is 643 g/mol. The van der Waals surface area contributed by atoms with Crippen LogP contribution in [0.3, 0.4) is 0 Å². The standard InChI is InChI=1S/C35H41FN6O5.K.H/c1-6-9-30-28(18-23-13-12-22(19-29(23)36)26-10-7-8-11-27(26)31-38-34(44)47-40-31)32(43)41(33-37-21(3)39-42(30)33)24-14-16-25(17-15-24)46-20(2)35(4,5)45;;/h7-8,10-13,19-20,24-25,45H,6,9,14-18H2,1-5H3,(H,38,40,44);;/t20?,24-,25-;;. The zero-order valence-electron chi connectivity index (χ0n) is 27.4. The monoisotopic (exact) mass is 684 g/mol. The van der Waals surface area contributed by atoms with Gasteiger partial charge in [-0.3, -0.25) is 18.9 Å². The molecule has 13 heteroatoms. The Morgan fingerprint density at radius 2 is 1.83 bits per heavy atom. The predicted octanol–water partition coefficient (Wildman–Crippen LogP) is 4.90. The Labute approximate surface area is 320 Å². The molecule has 1 saturated carbocycles. The van der Waals surface area contributed by atoms with Crippen LogP contribution in [0.4, 0.5) is 4.39 Å². The molecule has 3 aromatic heterocycles. The number of hydrogen-bond acceptors (Lipinski definition) is 8. The molecule has 48 heavy (non-hydrogen) atoms. The molecule has 2 N–H and O–H groups in total. The second kappa shape index (κ2) is 15.0. The van der Waals surface area contributed by atoms with Crippen LogP contribution in [0.25, 0.3) is 28.3 Å². The van der Waals surface area contributed by atoms with Gasteiger partial charge in [-0.2, -0.15) is 10.1 Å². The molecule has 1 unspecified atom stereocenters. The summed E-state index contributed by atoms with van der Waals surface area (Å²) in [7, 11) is 0. The average Bonchev–Trinajstić information content (AvgIpc) is 3.65. The van der Waals surface area contributed by atoms with E-state index in [1.165, 1.54) is 6.07 Å². The number of aromatic amines is 1. The molecule has 0 spiro atoms. The van der Waals surface area contributed by atoms with Gasteiger partial charge in [-0.05, 0) is 82.6 Å². The molecule has 0 amide bonds. The summed E-state index contributed by atoms with van der Waals surface area (Å²) in [6.07, 6.45) is 4.00. The van der Waals surface area contributed by atoms with Gasteiger partial charge in [0, 0.05) is 23.6 Å². The summed E-state index contributed by atoms with van der Waals surface area (Å²) < 4.78 is 30.3. The Morgan fingerprint density at radius 3 is 2.46 bits per heavy atom. The first kappa shape index (κ1) is 36.5. The fourth-order valence-corrected chi connectivity index (χ4v) is 6.46. The topological polar surface area (TPSA) is 141 Å². The summed E-state index contributed by atoms with van der Waals surface area (Å²) in [5, 5.41) is 18.8. The minimum atomic E-state index is -0.947. The normalized spacial score (nSPS) is 17.4. The van der Waals surface area contributed by atoms with Crippen LogP contribution >= 0.6 is 0 Å². The summed E-state index contributed by atoms with van der Waals surface area (Å²) in [5.74, 6) is 0.195. The zero-order chi connectivity index (χ0) is 33.5. The van der Waals surface area contributed by atoms with Crippen LogP contribution in [0.15, 0.2) is 56.6 Å². The third kappa shape index (κ3) is 7.52. The van der Waals surface area contributed by atoms with Crippen molar-refractivity contribution >= 4 is 57.2 Å². The van der Waals surface area contributed by atoms with E-state index >= 15 is 4.39 Å². The summed E-state index contributed by atoms with van der Waals surface area (Å²) in [4.78, 5) is 33.3. The van der Waals surface area contributed by atoms with Gasteiger partial charge in [-0.15, -0.1) is 0 Å². The van der Waals surface area contributed by atoms with Crippen molar-refractivity contribution in [3.8, 4) is 22.5 Å². The van der Waals surface area contributed by atoms with Crippen molar-refractivity contribution in [2.24, 2.45) is 0 Å². The van der Waals surface area contributed by atoms with Crippen LogP contribution in [0, 0.1) is 12.7 Å². The average molecular weight is 685 g/mol. The number of ether oxygens (including phenoxy) is 1. The van der Waals surface area contributed by atoms with E-state index in [4.69, 9.17) is 4.74 Å². The number of fused-ring (bicyclic) bond motifs is 1. The van der Waals surface area contributed by atoms with Crippen LogP contribution in [-0.2, 0) is 17.6 Å². The van der Waals surface area contributed by atoms with Crippen LogP contribution in [0.5, 0.6) is 0 Å². The van der Waals surface area contributed by atoms with Crippen molar-refractivity contribution in [3.63, 3.8) is 0 Å². The maximum absolute atomic E-state index is 15.9. The molecule has 11 nitrogen and oxygen atoms in total. The first-order chi connectivity index (χ1) is 22.4. The van der Waals surface area contributed by atoms with Crippen LogP contribution < -0.4 is 11.3 Å². The van der Waals surface area contributed by atoms with Gasteiger partial charge in [0.1, 0.15) is 11.6 Å². The Bertz CT molecular complexity index is 2020. The van der Waals surface area contributed by atoms with Gasteiger partial charge in [0.15, 0.2) is 5.82 Å². The second-order valence-corrected chi connectivity index (χ2v) is 13.1. The van der Waals surface area contributed by atoms with Crippen LogP contribution in [0.2, 0.25) is 0 Å². The van der Waals surface area contributed by atoms with Gasteiger partial charge in [0.05, 0.1) is 23.5 Å². The molecule has 1 aliphatic rings. The van der Waals surface area contributed by atoms with Crippen molar-refractivity contribution in [1.82, 2.24) is 29.3 Å². The molecule has 250 valence electrons. The van der Waals surface area contributed by atoms with E-state index in [9.17, 15) is 14.7 Å². The zero-order valence-corrected chi connectivity index (χ0v) is 27.4. The number of aryl methyl sites for hydroxylation is 2. The molecule has 2 aromatic carbocycles. The molecule has 1 atom stereocenters. The molecule has 6 rings (SSSR count). The minimum absolute atomic E-state index is 0. The number of halogens is 1. The van der Waals surface area contributed by atoms with Crippen molar-refractivity contribution in [1.29, 1.82) is 0 Å². The van der Waals surface area contributed by atoms with E-state index in [1.54, 1.807) is 41.1 Å². The van der Waals surface area contributed by atoms with Crippen LogP contribution in [0.1, 0.15) is 88.5 Å². The maximum atomic E-state index is 15.9. The third-order valence-corrected chi connectivity index (χ3v) is 9.23. The first-order valence-corrected chi connectivity index (χ1v) is 16.3. The van der Waals surface area contributed by atoms with E-state index in [-0.39, 0.29) is 87.4 Å². The fraction of sp³-hybridized carbons (Fsp3) is 0.457. The van der Waals surface area contributed by atoms with E-state index in [0.717, 1.165) is 25.0 Å². The Hall–Kier alpha value is -2.78. The number of hydrogen-bond donors (Lipinski definition) is 2. The molecule has 1 fully saturated rings. The number of H-pyrrole nitrogens is 1. The number of rotatable bonds is 10. The van der Waals surface area contributed by atoms with Gasteiger partial charge in [-0.1, -0.05) is 54.9 Å². The second-order valence-electron chi connectivity index (χ2n) is 13.1. The summed E-state index contributed by atoms with van der Waals surface area (Å²) in [5.41, 5.74) is 2.37. The number of nitrogens with one attached hydrogen (secondary N) is 1. The van der Waals surface area contributed by atoms with Crippen molar-refractivity contribution < 1.29 is 18.8 Å². The first-order valence-electron chi connectivity index (χ1n) is 16.3. The molecule has 3 heterocycles. The molecule has 0 radical (unpaired) electrons. The van der Waals surface area contributed by atoms with E-state index in [1.807, 2.05) is 39.0 Å². The van der Waals surface area contributed by atoms with Crippen molar-refractivity contribution in [2.45, 2.75) is 103 Å². The predicted molar refractivity (Wildman–Crippen MR) is 182 cm³/mol. The van der Waals surface area contributed by atoms with Gasteiger partial charge in [0.25, 0.3) is 5.56 Å². The summed E-state index contributed by atoms with van der Waals surface area (Å²) >= 11 is 0. The summed E-state index contributed by atoms with van der Waals surface area (Å²) in [6.45, 7) is 9.20. The van der Waals surface area contributed by atoms with Gasteiger partial charge in [0.2, 0.25) is 5.78 Å². The Balaban J connectivity index is 0.00000451. The number of aromatic nitrogens is 6. The Kier molecular flexibility index (Phi) is 11.4. The molecule has 5 aromatic rings. The molecular formula is C35H42FKN6O5. The Morgan fingerprint density at radius 1 is 1.12 bits per heavy atom. The molecule has 1 aliphatic carbocycles. The summed E-state index contributed by atoms with van der Waals surface area (Å²) in [6, 6.07) is 12.1. The molecule has 0 bridgehead atoms. The van der Waals surface area contributed by atoms with Gasteiger partial charge in [-0.25, -0.2) is 13.7 Å². The van der Waals surface area contributed by atoms with Crippen LogP contribution in [-0.4, -0.2) is 104 Å². The van der Waals surface area contributed by atoms with Gasteiger partial charge >= 0.3 is 57.1 Å². The number of aliphatic hydroxyl groups is 1. The van der Waals surface area contributed by atoms with E-state index < -0.39 is 17.2 Å². The SMILES string of the molecule is CCCc1c(Cc2ccc(-c3ccccc3-c3noc(=O)[nH]3)cc2F)c(=O)n([C@H]2CC[C@H](OC(C)C(C)(C)O)CC2)c2nc(C)nn12.[KH]. The quantitative estimate of drug-likeness (QED) is 0.198. The van der Waals surface area contributed by atoms with Crippen molar-refractivity contribution in [2.75, 3.05) is 0 Å². The fourth-order valence-electron chi connectivity index (χ4n) is 6.46. The van der Waals surface area contributed by atoms with E-state index in [2.05, 4.69) is 24.7 Å². The van der Waals surface area contributed by atoms with Crippen molar-refractivity contribution in [3.05, 3.63) is 91.8 Å². The number of benzene rings is 2. The number of nitrogens with zero attached hydrogens (tertiary/aromatic N) is 5.